The number of aliphatic hydroxyl groups is 1. The van der Waals surface area contributed by atoms with Crippen LogP contribution in [0.3, 0.4) is 0 Å². The van der Waals surface area contributed by atoms with Gasteiger partial charge in [0.05, 0.1) is 18.2 Å². The van der Waals surface area contributed by atoms with E-state index in [1.165, 1.54) is 11.3 Å². The number of carbonyl (C=O) groups excluding carboxylic acids is 1. The lowest BCUT2D eigenvalue weighted by Gasteiger charge is -2.20. The van der Waals surface area contributed by atoms with Gasteiger partial charge in [0, 0.05) is 13.0 Å². The minimum absolute atomic E-state index is 0.213. The van der Waals surface area contributed by atoms with E-state index in [2.05, 4.69) is 10.6 Å². The summed E-state index contributed by atoms with van der Waals surface area (Å²) in [6, 6.07) is 3.37. The van der Waals surface area contributed by atoms with Crippen molar-refractivity contribution in [1.82, 2.24) is 5.32 Å². The van der Waals surface area contributed by atoms with Crippen LogP contribution in [0.1, 0.15) is 6.42 Å². The summed E-state index contributed by atoms with van der Waals surface area (Å²) in [6.07, 6.45) is 0.562. The van der Waals surface area contributed by atoms with Gasteiger partial charge in [0.15, 0.2) is 0 Å². The third-order valence-corrected chi connectivity index (χ3v) is 3.20. The quantitative estimate of drug-likeness (QED) is 0.741. The fraction of sp³-hybridized carbons (Fsp3) is 0.500. The smallest absolute Gasteiger partial charge is 0.319 e. The molecule has 2 amide bonds. The molecule has 0 bridgehead atoms. The molecular formula is C10H14N2O3S. The van der Waals surface area contributed by atoms with Crippen LogP contribution >= 0.6 is 11.3 Å². The molecule has 1 aromatic heterocycles. The van der Waals surface area contributed by atoms with Crippen molar-refractivity contribution >= 4 is 22.4 Å². The van der Waals surface area contributed by atoms with Crippen LogP contribution in [-0.4, -0.2) is 36.5 Å². The number of anilines is 1. The largest absolute Gasteiger partial charge is 0.386 e. The Morgan fingerprint density at radius 2 is 2.56 bits per heavy atom. The molecule has 6 heteroatoms. The first-order valence-electron chi connectivity index (χ1n) is 5.06. The molecule has 1 aliphatic heterocycles. The van der Waals surface area contributed by atoms with E-state index in [-0.39, 0.29) is 19.2 Å². The van der Waals surface area contributed by atoms with Crippen molar-refractivity contribution in [2.75, 3.05) is 25.1 Å². The summed E-state index contributed by atoms with van der Waals surface area (Å²) >= 11 is 1.45. The highest BCUT2D eigenvalue weighted by Crippen LogP contribution is 2.17. The first-order chi connectivity index (χ1) is 7.68. The van der Waals surface area contributed by atoms with E-state index in [0.29, 0.717) is 13.0 Å². The van der Waals surface area contributed by atoms with Crippen molar-refractivity contribution < 1.29 is 14.6 Å². The third kappa shape index (κ3) is 2.94. The Labute approximate surface area is 97.4 Å². The standard InChI is InChI=1S/C10H14N2O3S/c13-9(12-8-2-1-5-16-8)11-6-10(14)3-4-15-7-10/h1-2,5,14H,3-4,6-7H2,(H2,11,12,13)/t10-/m1/s1. The number of carbonyl (C=O) groups is 1. The summed E-state index contributed by atoms with van der Waals surface area (Å²) in [5.41, 5.74) is -0.910. The molecule has 0 unspecified atom stereocenters. The highest BCUT2D eigenvalue weighted by molar-refractivity contribution is 7.14. The number of urea groups is 1. The molecular weight excluding hydrogens is 228 g/mol. The molecule has 1 saturated heterocycles. The number of ether oxygens (including phenoxy) is 1. The maximum absolute atomic E-state index is 11.4. The molecule has 88 valence electrons. The Morgan fingerprint density at radius 1 is 1.69 bits per heavy atom. The van der Waals surface area contributed by atoms with Crippen molar-refractivity contribution in [3.05, 3.63) is 17.5 Å². The van der Waals surface area contributed by atoms with E-state index in [1.54, 1.807) is 0 Å². The fourth-order valence-corrected chi connectivity index (χ4v) is 2.10. The number of hydrogen-bond acceptors (Lipinski definition) is 4. The van der Waals surface area contributed by atoms with Gasteiger partial charge in [0.1, 0.15) is 5.60 Å². The van der Waals surface area contributed by atoms with Crippen LogP contribution in [0.25, 0.3) is 0 Å². The van der Waals surface area contributed by atoms with E-state index in [9.17, 15) is 9.90 Å². The molecule has 3 N–H and O–H groups in total. The van der Waals surface area contributed by atoms with Crippen molar-refractivity contribution in [2.24, 2.45) is 0 Å². The fourth-order valence-electron chi connectivity index (χ4n) is 1.49. The van der Waals surface area contributed by atoms with Crippen LogP contribution in [0.2, 0.25) is 0 Å². The normalized spacial score (nSPS) is 24.3. The first kappa shape index (κ1) is 11.4. The number of hydrogen-bond donors (Lipinski definition) is 3. The molecule has 1 fully saturated rings. The molecule has 16 heavy (non-hydrogen) atoms. The van der Waals surface area contributed by atoms with Gasteiger partial charge in [-0.15, -0.1) is 11.3 Å². The van der Waals surface area contributed by atoms with E-state index in [1.807, 2.05) is 17.5 Å². The van der Waals surface area contributed by atoms with Crippen LogP contribution in [0, 0.1) is 0 Å². The molecule has 0 spiro atoms. The number of amides is 2. The Kier molecular flexibility index (Phi) is 3.42. The highest BCUT2D eigenvalue weighted by Gasteiger charge is 2.32. The van der Waals surface area contributed by atoms with Gasteiger partial charge in [0.25, 0.3) is 0 Å². The van der Waals surface area contributed by atoms with Crippen molar-refractivity contribution in [2.45, 2.75) is 12.0 Å². The summed E-state index contributed by atoms with van der Waals surface area (Å²) in [7, 11) is 0. The van der Waals surface area contributed by atoms with Crippen LogP contribution in [0.15, 0.2) is 17.5 Å². The van der Waals surface area contributed by atoms with Gasteiger partial charge in [-0.25, -0.2) is 4.79 Å². The van der Waals surface area contributed by atoms with Gasteiger partial charge in [-0.1, -0.05) is 0 Å². The maximum Gasteiger partial charge on any atom is 0.319 e. The highest BCUT2D eigenvalue weighted by atomic mass is 32.1. The topological polar surface area (TPSA) is 70.6 Å². The van der Waals surface area contributed by atoms with Gasteiger partial charge in [-0.3, -0.25) is 5.32 Å². The second-order valence-corrected chi connectivity index (χ2v) is 4.76. The van der Waals surface area contributed by atoms with Gasteiger partial charge < -0.3 is 15.2 Å². The average molecular weight is 242 g/mol. The molecule has 1 aromatic rings. The molecule has 0 radical (unpaired) electrons. The zero-order valence-corrected chi connectivity index (χ0v) is 9.55. The van der Waals surface area contributed by atoms with Crippen LogP contribution in [0.4, 0.5) is 9.80 Å². The molecule has 1 atom stereocenters. The minimum atomic E-state index is -0.910. The zero-order valence-electron chi connectivity index (χ0n) is 8.73. The van der Waals surface area contributed by atoms with Gasteiger partial charge >= 0.3 is 6.03 Å². The van der Waals surface area contributed by atoms with Gasteiger partial charge in [-0.2, -0.15) is 0 Å². The second-order valence-electron chi connectivity index (χ2n) is 3.81. The summed E-state index contributed by atoms with van der Waals surface area (Å²) in [4.78, 5) is 11.4. The molecule has 1 aliphatic rings. The SMILES string of the molecule is O=C(NC[C@]1(O)CCOC1)Nc1cccs1. The minimum Gasteiger partial charge on any atom is -0.386 e. The Balaban J connectivity index is 1.75. The Morgan fingerprint density at radius 3 is 3.19 bits per heavy atom. The van der Waals surface area contributed by atoms with Crippen LogP contribution in [-0.2, 0) is 4.74 Å². The summed E-state index contributed by atoms with van der Waals surface area (Å²) in [6.45, 7) is 1.04. The Bertz CT molecular complexity index is 347. The zero-order chi connectivity index (χ0) is 11.4. The van der Waals surface area contributed by atoms with E-state index in [0.717, 1.165) is 5.00 Å². The lowest BCUT2D eigenvalue weighted by Crippen LogP contribution is -2.44. The predicted octanol–water partition coefficient (Wildman–Crippen LogP) is 1.02. The molecule has 0 saturated carbocycles. The van der Waals surface area contributed by atoms with Gasteiger partial charge in [0.2, 0.25) is 0 Å². The maximum atomic E-state index is 11.4. The summed E-state index contributed by atoms with van der Waals surface area (Å²) in [5.74, 6) is 0. The number of thiophene rings is 1. The molecule has 0 aromatic carbocycles. The van der Waals surface area contributed by atoms with Crippen molar-refractivity contribution in [3.8, 4) is 0 Å². The number of rotatable bonds is 3. The van der Waals surface area contributed by atoms with Crippen molar-refractivity contribution in [1.29, 1.82) is 0 Å². The van der Waals surface area contributed by atoms with Crippen molar-refractivity contribution in [3.63, 3.8) is 0 Å². The molecule has 2 rings (SSSR count). The second kappa shape index (κ2) is 4.82. The van der Waals surface area contributed by atoms with E-state index in [4.69, 9.17) is 4.74 Å². The average Bonchev–Trinajstić information content (AvgIpc) is 2.88. The third-order valence-electron chi connectivity index (χ3n) is 2.42. The summed E-state index contributed by atoms with van der Waals surface area (Å²) in [5, 5.41) is 17.9. The van der Waals surface area contributed by atoms with Gasteiger partial charge in [-0.05, 0) is 17.5 Å². The lowest BCUT2D eigenvalue weighted by atomic mass is 10.0. The van der Waals surface area contributed by atoms with E-state index < -0.39 is 5.60 Å². The molecule has 5 nitrogen and oxygen atoms in total. The first-order valence-corrected chi connectivity index (χ1v) is 5.94. The monoisotopic (exact) mass is 242 g/mol. The summed E-state index contributed by atoms with van der Waals surface area (Å²) < 4.78 is 5.08. The Hall–Kier alpha value is -1.11. The molecule has 2 heterocycles. The van der Waals surface area contributed by atoms with Crippen LogP contribution in [0.5, 0.6) is 0 Å². The predicted molar refractivity (Wildman–Crippen MR) is 61.7 cm³/mol. The lowest BCUT2D eigenvalue weighted by molar-refractivity contribution is 0.0295. The van der Waals surface area contributed by atoms with E-state index >= 15 is 0 Å². The number of nitrogens with one attached hydrogen (secondary N) is 2. The van der Waals surface area contributed by atoms with Crippen LogP contribution < -0.4 is 10.6 Å². The molecule has 0 aliphatic carbocycles.